The molecule has 0 rings (SSSR count). The Morgan fingerprint density at radius 3 is 1.65 bits per heavy atom. The molecule has 0 aromatic rings. The number of oxime groups is 2. The molecule has 0 aliphatic rings. The minimum absolute atomic E-state index is 0.0612. The van der Waals surface area contributed by atoms with E-state index in [0.29, 0.717) is 76.1 Å². The molecule has 0 heterocycles. The van der Waals surface area contributed by atoms with Crippen molar-refractivity contribution >= 4 is 23.2 Å². The van der Waals surface area contributed by atoms with Crippen molar-refractivity contribution in [3.05, 3.63) is 0 Å². The van der Waals surface area contributed by atoms with Crippen molar-refractivity contribution in [2.45, 2.75) is 98.1 Å². The van der Waals surface area contributed by atoms with Crippen LogP contribution in [-0.4, -0.2) is 97.3 Å². The zero-order chi connectivity index (χ0) is 30.4. The van der Waals surface area contributed by atoms with Crippen LogP contribution in [-0.2, 0) is 19.1 Å². The highest BCUT2D eigenvalue weighted by Crippen LogP contribution is 2.15. The van der Waals surface area contributed by atoms with Crippen molar-refractivity contribution in [3.8, 4) is 0 Å². The predicted molar refractivity (Wildman–Crippen MR) is 158 cm³/mol. The Morgan fingerprint density at radius 2 is 1.18 bits per heavy atom. The maximum absolute atomic E-state index is 12.3. The van der Waals surface area contributed by atoms with Gasteiger partial charge in [-0.1, -0.05) is 10.3 Å². The molecule has 2 amide bonds. The van der Waals surface area contributed by atoms with Crippen LogP contribution in [0.25, 0.3) is 0 Å². The molecule has 0 spiro atoms. The highest BCUT2D eigenvalue weighted by Gasteiger charge is 2.23. The first-order valence-corrected chi connectivity index (χ1v) is 14.5. The quantitative estimate of drug-likeness (QED) is 0.0444. The van der Waals surface area contributed by atoms with E-state index in [4.69, 9.17) is 19.9 Å². The summed E-state index contributed by atoms with van der Waals surface area (Å²) in [6, 6.07) is 0. The average molecular weight is 573 g/mol. The molecule has 234 valence electrons. The summed E-state index contributed by atoms with van der Waals surface area (Å²) in [6.45, 7) is 17.9. The molecule has 6 N–H and O–H groups in total. The van der Waals surface area contributed by atoms with Gasteiger partial charge in [0.1, 0.15) is 0 Å². The molecule has 0 saturated heterocycles. The number of carbonyl (C=O) groups is 2. The fourth-order valence-electron chi connectivity index (χ4n) is 3.75. The minimum Gasteiger partial charge on any atom is -0.411 e. The highest BCUT2D eigenvalue weighted by atomic mass is 16.5. The summed E-state index contributed by atoms with van der Waals surface area (Å²) in [4.78, 5) is 24.3. The van der Waals surface area contributed by atoms with Crippen molar-refractivity contribution in [2.24, 2.45) is 16.2 Å². The lowest BCUT2D eigenvalue weighted by Crippen LogP contribution is -2.47. The van der Waals surface area contributed by atoms with Gasteiger partial charge in [-0.2, -0.15) is 0 Å². The third kappa shape index (κ3) is 18.1. The molecule has 0 radical (unpaired) electrons. The first kappa shape index (κ1) is 37.7. The molecule has 12 nitrogen and oxygen atoms in total. The van der Waals surface area contributed by atoms with Gasteiger partial charge in [-0.3, -0.25) is 9.59 Å². The van der Waals surface area contributed by atoms with E-state index in [2.05, 4.69) is 31.6 Å². The van der Waals surface area contributed by atoms with Gasteiger partial charge in [0.15, 0.2) is 0 Å². The van der Waals surface area contributed by atoms with Gasteiger partial charge in [0.2, 0.25) is 11.8 Å². The number of nitrogens with zero attached hydrogens (tertiary/aromatic N) is 2. The zero-order valence-corrected chi connectivity index (χ0v) is 25.9. The van der Waals surface area contributed by atoms with E-state index >= 15 is 0 Å². The number of hydrogen-bond acceptors (Lipinski definition) is 10. The second kappa shape index (κ2) is 21.5. The molecule has 0 aromatic heterocycles. The largest absolute Gasteiger partial charge is 0.411 e. The number of rotatable bonds is 24. The van der Waals surface area contributed by atoms with Crippen molar-refractivity contribution in [3.63, 3.8) is 0 Å². The maximum Gasteiger partial charge on any atom is 0.220 e. The zero-order valence-electron chi connectivity index (χ0n) is 25.9. The molecular formula is C28H56N6O6. The monoisotopic (exact) mass is 572 g/mol. The Labute approximate surface area is 241 Å². The molecule has 40 heavy (non-hydrogen) atoms. The van der Waals surface area contributed by atoms with Crippen LogP contribution in [0.15, 0.2) is 10.3 Å². The molecule has 0 saturated carbocycles. The molecule has 0 aliphatic carbocycles. The number of hydrogen-bond donors (Lipinski definition) is 6. The summed E-state index contributed by atoms with van der Waals surface area (Å²) < 4.78 is 10.5. The smallest absolute Gasteiger partial charge is 0.220 e. The number of carbonyl (C=O) groups excluding carboxylic acids is 2. The standard InChI is InChI=1S/C28H56N6O6/c1-8-39-20-21-40-19-18-30-26(36)11-9-10-25(35)29-15-12-24(13-16-31-27(4,5)22(2)33-37)14-17-32-28(6,7)23(3)34-38/h24,31-32,37-38H,8-21H2,1-7H3,(H,29,35)(H,30,36)/b33-22-,34-23-. The second-order valence-electron chi connectivity index (χ2n) is 11.1. The second-order valence-corrected chi connectivity index (χ2v) is 11.1. The van der Waals surface area contributed by atoms with E-state index in [0.717, 1.165) is 32.4 Å². The van der Waals surface area contributed by atoms with Crippen LogP contribution in [0.5, 0.6) is 0 Å². The fourth-order valence-corrected chi connectivity index (χ4v) is 3.75. The maximum atomic E-state index is 12.3. The van der Waals surface area contributed by atoms with Gasteiger partial charge >= 0.3 is 0 Å². The van der Waals surface area contributed by atoms with E-state index in [1.807, 2.05) is 34.6 Å². The SMILES string of the molecule is CCOCCOCCNC(=O)CCCC(=O)NCCC(CCNC(C)(C)/C(C)=N\O)CCNC(C)(C)/C(C)=N\O. The van der Waals surface area contributed by atoms with Crippen molar-refractivity contribution < 1.29 is 29.5 Å². The van der Waals surface area contributed by atoms with Crippen LogP contribution in [0, 0.1) is 5.92 Å². The third-order valence-electron chi connectivity index (χ3n) is 7.18. The van der Waals surface area contributed by atoms with Crippen LogP contribution in [0.4, 0.5) is 0 Å². The van der Waals surface area contributed by atoms with Gasteiger partial charge < -0.3 is 41.2 Å². The van der Waals surface area contributed by atoms with Gasteiger partial charge in [-0.15, -0.1) is 0 Å². The normalized spacial score (nSPS) is 13.1. The Hall–Kier alpha value is -2.28. The van der Waals surface area contributed by atoms with Crippen LogP contribution in [0.1, 0.15) is 87.0 Å². The molecule has 0 atom stereocenters. The van der Waals surface area contributed by atoms with E-state index in [1.165, 1.54) is 0 Å². The molecule has 0 unspecified atom stereocenters. The number of amides is 2. The van der Waals surface area contributed by atoms with E-state index in [-0.39, 0.29) is 11.8 Å². The van der Waals surface area contributed by atoms with Gasteiger partial charge in [0.05, 0.1) is 42.3 Å². The molecule has 0 fully saturated rings. The summed E-state index contributed by atoms with van der Waals surface area (Å²) >= 11 is 0. The molecule has 12 heteroatoms. The summed E-state index contributed by atoms with van der Waals surface area (Å²) in [5, 5.41) is 37.5. The Balaban J connectivity index is 4.48. The Kier molecular flexibility index (Phi) is 20.2. The predicted octanol–water partition coefficient (Wildman–Crippen LogP) is 2.67. The van der Waals surface area contributed by atoms with Gasteiger partial charge in [-0.05, 0) is 93.2 Å². The van der Waals surface area contributed by atoms with Crippen molar-refractivity contribution in [1.29, 1.82) is 0 Å². The topological polar surface area (TPSA) is 166 Å². The van der Waals surface area contributed by atoms with Crippen molar-refractivity contribution in [2.75, 3.05) is 52.6 Å². The van der Waals surface area contributed by atoms with Gasteiger partial charge in [0.25, 0.3) is 0 Å². The summed E-state index contributed by atoms with van der Waals surface area (Å²) in [7, 11) is 0. The summed E-state index contributed by atoms with van der Waals surface area (Å²) in [5.74, 6) is 0.176. The fraction of sp³-hybridized carbons (Fsp3) is 0.857. The number of ether oxygens (including phenoxy) is 2. The molecule has 0 aromatic carbocycles. The van der Waals surface area contributed by atoms with Crippen LogP contribution >= 0.6 is 0 Å². The lowest BCUT2D eigenvalue weighted by molar-refractivity contribution is -0.122. The highest BCUT2D eigenvalue weighted by molar-refractivity contribution is 5.90. The lowest BCUT2D eigenvalue weighted by atomic mass is 9.94. The number of nitrogens with one attached hydrogen (secondary N) is 4. The molecule has 0 bridgehead atoms. The van der Waals surface area contributed by atoms with E-state index in [1.54, 1.807) is 13.8 Å². The molecular weight excluding hydrogens is 516 g/mol. The van der Waals surface area contributed by atoms with E-state index < -0.39 is 11.1 Å². The average Bonchev–Trinajstić information content (AvgIpc) is 2.91. The first-order valence-electron chi connectivity index (χ1n) is 14.5. The van der Waals surface area contributed by atoms with Crippen LogP contribution in [0.3, 0.4) is 0 Å². The van der Waals surface area contributed by atoms with Crippen molar-refractivity contribution in [1.82, 2.24) is 21.3 Å². The van der Waals surface area contributed by atoms with Crippen LogP contribution < -0.4 is 21.3 Å². The minimum atomic E-state index is -0.425. The Morgan fingerprint density at radius 1 is 0.725 bits per heavy atom. The van der Waals surface area contributed by atoms with Gasteiger partial charge in [-0.25, -0.2) is 0 Å². The first-order chi connectivity index (χ1) is 18.9. The lowest BCUT2D eigenvalue weighted by Gasteiger charge is -2.28. The Bertz CT molecular complexity index is 736. The summed E-state index contributed by atoms with van der Waals surface area (Å²) in [5.41, 5.74) is 0.368. The van der Waals surface area contributed by atoms with E-state index in [9.17, 15) is 9.59 Å². The third-order valence-corrected chi connectivity index (χ3v) is 7.18. The summed E-state index contributed by atoms with van der Waals surface area (Å²) in [6.07, 6.45) is 3.64. The molecule has 0 aliphatic heterocycles. The van der Waals surface area contributed by atoms with Crippen LogP contribution in [0.2, 0.25) is 0 Å². The van der Waals surface area contributed by atoms with Gasteiger partial charge in [0, 0.05) is 32.5 Å².